The van der Waals surface area contributed by atoms with Crippen LogP contribution in [0, 0.1) is 5.82 Å². The zero-order chi connectivity index (χ0) is 13.0. The third-order valence-corrected chi connectivity index (χ3v) is 2.97. The zero-order valence-electron chi connectivity index (χ0n) is 9.24. The highest BCUT2D eigenvalue weighted by molar-refractivity contribution is 9.10. The van der Waals surface area contributed by atoms with Crippen molar-refractivity contribution in [3.63, 3.8) is 0 Å². The number of hydrogen-bond donors (Lipinski definition) is 2. The van der Waals surface area contributed by atoms with Crippen LogP contribution in [0.25, 0.3) is 0 Å². The van der Waals surface area contributed by atoms with Crippen LogP contribution < -0.4 is 10.5 Å². The Bertz CT molecular complexity index is 425. The van der Waals surface area contributed by atoms with E-state index in [4.69, 9.17) is 15.6 Å². The molecule has 1 rings (SSSR count). The molecule has 17 heavy (non-hydrogen) atoms. The Morgan fingerprint density at radius 1 is 1.65 bits per heavy atom. The maximum atomic E-state index is 13.9. The molecule has 1 aromatic rings. The van der Waals surface area contributed by atoms with Gasteiger partial charge in [0.25, 0.3) is 0 Å². The summed E-state index contributed by atoms with van der Waals surface area (Å²) in [6.45, 7) is 0. The van der Waals surface area contributed by atoms with E-state index in [0.29, 0.717) is 5.75 Å². The minimum Gasteiger partial charge on any atom is -0.496 e. The minimum atomic E-state index is -0.963. The summed E-state index contributed by atoms with van der Waals surface area (Å²) in [5, 5.41) is 8.57. The molecule has 3 N–H and O–H groups in total. The molecule has 0 fully saturated rings. The van der Waals surface area contributed by atoms with E-state index in [1.807, 2.05) is 0 Å². The van der Waals surface area contributed by atoms with Crippen molar-refractivity contribution in [2.45, 2.75) is 18.9 Å². The van der Waals surface area contributed by atoms with Crippen LogP contribution in [0.15, 0.2) is 16.6 Å². The van der Waals surface area contributed by atoms with E-state index in [2.05, 4.69) is 15.9 Å². The van der Waals surface area contributed by atoms with Gasteiger partial charge in [-0.3, -0.25) is 4.79 Å². The second-order valence-electron chi connectivity index (χ2n) is 3.52. The molecule has 0 aliphatic carbocycles. The molecule has 0 amide bonds. The fraction of sp³-hybridized carbons (Fsp3) is 0.364. The van der Waals surface area contributed by atoms with Crippen molar-refractivity contribution < 1.29 is 19.0 Å². The van der Waals surface area contributed by atoms with Gasteiger partial charge in [0.1, 0.15) is 11.6 Å². The summed E-state index contributed by atoms with van der Waals surface area (Å²) in [4.78, 5) is 10.5. The Morgan fingerprint density at radius 3 is 2.82 bits per heavy atom. The summed E-state index contributed by atoms with van der Waals surface area (Å²) in [6.07, 6.45) is 0.0370. The molecule has 1 unspecified atom stereocenters. The highest BCUT2D eigenvalue weighted by atomic mass is 79.9. The van der Waals surface area contributed by atoms with E-state index in [-0.39, 0.29) is 22.9 Å². The molecule has 0 radical (unpaired) electrons. The van der Waals surface area contributed by atoms with E-state index in [1.165, 1.54) is 13.2 Å². The first-order valence-corrected chi connectivity index (χ1v) is 5.76. The SMILES string of the molecule is COc1ccc(Br)c(F)c1C(N)CCC(=O)O. The van der Waals surface area contributed by atoms with Gasteiger partial charge in [-0.15, -0.1) is 0 Å². The molecule has 0 bridgehead atoms. The molecule has 0 saturated carbocycles. The lowest BCUT2D eigenvalue weighted by atomic mass is 10.0. The van der Waals surface area contributed by atoms with Crippen molar-refractivity contribution in [2.24, 2.45) is 5.73 Å². The molecule has 4 nitrogen and oxygen atoms in total. The highest BCUT2D eigenvalue weighted by Crippen LogP contribution is 2.33. The normalized spacial score (nSPS) is 12.2. The van der Waals surface area contributed by atoms with Crippen molar-refractivity contribution in [1.29, 1.82) is 0 Å². The average Bonchev–Trinajstić information content (AvgIpc) is 2.29. The van der Waals surface area contributed by atoms with Crippen molar-refractivity contribution in [2.75, 3.05) is 7.11 Å². The molecule has 0 aromatic heterocycles. The highest BCUT2D eigenvalue weighted by Gasteiger charge is 2.20. The van der Waals surface area contributed by atoms with Gasteiger partial charge in [0.05, 0.1) is 11.6 Å². The monoisotopic (exact) mass is 305 g/mol. The van der Waals surface area contributed by atoms with Gasteiger partial charge in [-0.25, -0.2) is 4.39 Å². The number of methoxy groups -OCH3 is 1. The van der Waals surface area contributed by atoms with E-state index in [0.717, 1.165) is 0 Å². The lowest BCUT2D eigenvalue weighted by Crippen LogP contribution is -2.15. The number of carboxylic acid groups (broad SMARTS) is 1. The number of halogens is 2. The van der Waals surface area contributed by atoms with Crippen LogP contribution in [0.4, 0.5) is 4.39 Å². The molecule has 94 valence electrons. The number of hydrogen-bond acceptors (Lipinski definition) is 3. The Kier molecular flexibility index (Phi) is 4.89. The minimum absolute atomic E-state index is 0.115. The van der Waals surface area contributed by atoms with E-state index in [1.54, 1.807) is 6.07 Å². The van der Waals surface area contributed by atoms with Gasteiger partial charge in [0, 0.05) is 18.0 Å². The molecular weight excluding hydrogens is 293 g/mol. The van der Waals surface area contributed by atoms with Crippen LogP contribution >= 0.6 is 15.9 Å². The Morgan fingerprint density at radius 2 is 2.29 bits per heavy atom. The predicted octanol–water partition coefficient (Wildman–Crippen LogP) is 2.46. The van der Waals surface area contributed by atoms with Crippen LogP contribution in [0.5, 0.6) is 5.75 Å². The van der Waals surface area contributed by atoms with Crippen molar-refractivity contribution >= 4 is 21.9 Å². The van der Waals surface area contributed by atoms with Crippen LogP contribution in [-0.2, 0) is 4.79 Å². The van der Waals surface area contributed by atoms with Crippen LogP contribution in [0.3, 0.4) is 0 Å². The first kappa shape index (κ1) is 13.9. The molecule has 0 aliphatic heterocycles. The summed E-state index contributed by atoms with van der Waals surface area (Å²) in [5.41, 5.74) is 5.98. The van der Waals surface area contributed by atoms with Gasteiger partial charge in [-0.05, 0) is 34.5 Å². The average molecular weight is 306 g/mol. The quantitative estimate of drug-likeness (QED) is 0.876. The van der Waals surface area contributed by atoms with E-state index in [9.17, 15) is 9.18 Å². The third kappa shape index (κ3) is 3.41. The Labute approximate surface area is 107 Å². The molecule has 6 heteroatoms. The van der Waals surface area contributed by atoms with E-state index >= 15 is 0 Å². The molecular formula is C11H13BrFNO3. The van der Waals surface area contributed by atoms with Gasteiger partial charge >= 0.3 is 5.97 Å². The lowest BCUT2D eigenvalue weighted by Gasteiger charge is -2.16. The van der Waals surface area contributed by atoms with Crippen molar-refractivity contribution in [3.8, 4) is 5.75 Å². The second kappa shape index (κ2) is 5.97. The number of benzene rings is 1. The van der Waals surface area contributed by atoms with Gasteiger partial charge in [-0.1, -0.05) is 0 Å². The largest absolute Gasteiger partial charge is 0.496 e. The number of rotatable bonds is 5. The first-order valence-electron chi connectivity index (χ1n) is 4.96. The Hall–Kier alpha value is -1.14. The summed E-state index contributed by atoms with van der Waals surface area (Å²) in [7, 11) is 1.41. The number of carbonyl (C=O) groups is 1. The number of ether oxygens (including phenoxy) is 1. The summed E-state index contributed by atoms with van der Waals surface area (Å²) < 4.78 is 19.2. The standard InChI is InChI=1S/C11H13BrFNO3/c1-17-8-4-2-6(12)11(13)10(8)7(14)3-5-9(15)16/h2,4,7H,3,5,14H2,1H3,(H,15,16). The predicted molar refractivity (Wildman–Crippen MR) is 64.5 cm³/mol. The maximum absolute atomic E-state index is 13.9. The zero-order valence-corrected chi connectivity index (χ0v) is 10.8. The summed E-state index contributed by atoms with van der Waals surface area (Å²) in [6, 6.07) is 2.39. The van der Waals surface area contributed by atoms with E-state index < -0.39 is 17.8 Å². The smallest absolute Gasteiger partial charge is 0.303 e. The van der Waals surface area contributed by atoms with Crippen molar-refractivity contribution in [3.05, 3.63) is 28.0 Å². The third-order valence-electron chi connectivity index (χ3n) is 2.35. The van der Waals surface area contributed by atoms with Crippen LogP contribution in [0.2, 0.25) is 0 Å². The molecule has 0 heterocycles. The van der Waals surface area contributed by atoms with Crippen LogP contribution in [0.1, 0.15) is 24.4 Å². The first-order chi connectivity index (χ1) is 7.97. The maximum Gasteiger partial charge on any atom is 0.303 e. The van der Waals surface area contributed by atoms with Crippen LogP contribution in [-0.4, -0.2) is 18.2 Å². The number of carboxylic acids is 1. The second-order valence-corrected chi connectivity index (χ2v) is 4.37. The number of aliphatic carboxylic acids is 1. The fourth-order valence-corrected chi connectivity index (χ4v) is 1.84. The van der Waals surface area contributed by atoms with Gasteiger partial charge in [0.15, 0.2) is 0 Å². The molecule has 1 atom stereocenters. The summed E-state index contributed by atoms with van der Waals surface area (Å²) in [5.74, 6) is -1.15. The van der Waals surface area contributed by atoms with Crippen molar-refractivity contribution in [1.82, 2.24) is 0 Å². The molecule has 1 aromatic carbocycles. The summed E-state index contributed by atoms with van der Waals surface area (Å²) >= 11 is 3.06. The molecule has 0 aliphatic rings. The Balaban J connectivity index is 3.01. The number of nitrogens with two attached hydrogens (primary N) is 1. The van der Waals surface area contributed by atoms with Gasteiger partial charge in [-0.2, -0.15) is 0 Å². The van der Waals surface area contributed by atoms with Gasteiger partial charge in [0.2, 0.25) is 0 Å². The topological polar surface area (TPSA) is 72.5 Å². The molecule has 0 spiro atoms. The lowest BCUT2D eigenvalue weighted by molar-refractivity contribution is -0.137. The van der Waals surface area contributed by atoms with Gasteiger partial charge < -0.3 is 15.6 Å². The fourth-order valence-electron chi connectivity index (χ4n) is 1.50. The molecule has 0 saturated heterocycles.